The van der Waals surface area contributed by atoms with Crippen LogP contribution in [0.5, 0.6) is 5.75 Å². The Bertz CT molecular complexity index is 336. The molecule has 0 fully saturated rings. The molecule has 1 aromatic carbocycles. The van der Waals surface area contributed by atoms with Crippen molar-refractivity contribution in [2.75, 3.05) is 13.7 Å². The van der Waals surface area contributed by atoms with Gasteiger partial charge in [-0.1, -0.05) is 12.1 Å². The quantitative estimate of drug-likeness (QED) is 0.773. The van der Waals surface area contributed by atoms with Gasteiger partial charge in [0, 0.05) is 7.05 Å². The maximum absolute atomic E-state index is 10.9. The number of nitrogens with one attached hydrogen (secondary N) is 1. The summed E-state index contributed by atoms with van der Waals surface area (Å²) in [6.07, 6.45) is -0.534. The van der Waals surface area contributed by atoms with Gasteiger partial charge in [0.2, 0.25) is 0 Å². The largest absolute Gasteiger partial charge is 0.484 e. The average Bonchev–Trinajstić information content (AvgIpc) is 2.26. The van der Waals surface area contributed by atoms with E-state index in [9.17, 15) is 9.90 Å². The Balaban J connectivity index is 2.61. The molecular formula is C11H15NO3. The van der Waals surface area contributed by atoms with Gasteiger partial charge in [-0.15, -0.1) is 0 Å². The van der Waals surface area contributed by atoms with Gasteiger partial charge in [-0.3, -0.25) is 4.79 Å². The summed E-state index contributed by atoms with van der Waals surface area (Å²) in [7, 11) is 1.55. The molecule has 4 nitrogen and oxygen atoms in total. The molecule has 1 atom stereocenters. The average molecular weight is 209 g/mol. The Hall–Kier alpha value is -1.55. The zero-order valence-electron chi connectivity index (χ0n) is 8.86. The number of ether oxygens (including phenoxy) is 1. The highest BCUT2D eigenvalue weighted by molar-refractivity contribution is 5.77. The van der Waals surface area contributed by atoms with Crippen LogP contribution in [-0.2, 0) is 4.79 Å². The van der Waals surface area contributed by atoms with E-state index in [-0.39, 0.29) is 12.5 Å². The molecule has 0 saturated heterocycles. The molecule has 1 amide bonds. The predicted octanol–water partition coefficient (Wildman–Crippen LogP) is 0.865. The van der Waals surface area contributed by atoms with Crippen LogP contribution in [0, 0.1) is 0 Å². The molecule has 1 unspecified atom stereocenters. The second-order valence-electron chi connectivity index (χ2n) is 3.21. The van der Waals surface area contributed by atoms with Gasteiger partial charge in [0.05, 0.1) is 6.10 Å². The fourth-order valence-electron chi connectivity index (χ4n) is 1.09. The number of aliphatic hydroxyl groups excluding tert-OH is 1. The fraction of sp³-hybridized carbons (Fsp3) is 0.364. The van der Waals surface area contributed by atoms with Crippen molar-refractivity contribution in [3.05, 3.63) is 29.8 Å². The van der Waals surface area contributed by atoms with E-state index < -0.39 is 6.10 Å². The van der Waals surface area contributed by atoms with E-state index in [4.69, 9.17) is 4.74 Å². The summed E-state index contributed by atoms with van der Waals surface area (Å²) in [6.45, 7) is 1.66. The second kappa shape index (κ2) is 5.36. The van der Waals surface area contributed by atoms with Gasteiger partial charge in [-0.2, -0.15) is 0 Å². The molecule has 0 saturated carbocycles. The summed E-state index contributed by atoms with van der Waals surface area (Å²) in [5, 5.41) is 11.8. The fourth-order valence-corrected chi connectivity index (χ4v) is 1.09. The standard InChI is InChI=1S/C11H15NO3/c1-8(13)9-4-3-5-10(6-9)15-7-11(14)12-2/h3-6,8,13H,7H2,1-2H3,(H,12,14). The highest BCUT2D eigenvalue weighted by atomic mass is 16.5. The summed E-state index contributed by atoms with van der Waals surface area (Å²) in [4.78, 5) is 10.9. The zero-order valence-corrected chi connectivity index (χ0v) is 8.86. The topological polar surface area (TPSA) is 58.6 Å². The third-order valence-corrected chi connectivity index (χ3v) is 1.99. The van der Waals surface area contributed by atoms with E-state index in [1.54, 1.807) is 38.2 Å². The van der Waals surface area contributed by atoms with Crippen LogP contribution in [-0.4, -0.2) is 24.7 Å². The normalized spacial score (nSPS) is 11.9. The number of amides is 1. The number of carbonyl (C=O) groups excluding carboxylic acids is 1. The number of benzene rings is 1. The zero-order chi connectivity index (χ0) is 11.3. The molecule has 0 spiro atoms. The Labute approximate surface area is 88.9 Å². The lowest BCUT2D eigenvalue weighted by atomic mass is 10.1. The molecular weight excluding hydrogens is 194 g/mol. The smallest absolute Gasteiger partial charge is 0.257 e. The number of carbonyl (C=O) groups is 1. The third kappa shape index (κ3) is 3.59. The minimum atomic E-state index is -0.534. The summed E-state index contributed by atoms with van der Waals surface area (Å²) >= 11 is 0. The second-order valence-corrected chi connectivity index (χ2v) is 3.21. The summed E-state index contributed by atoms with van der Waals surface area (Å²) < 4.78 is 5.23. The van der Waals surface area contributed by atoms with E-state index in [0.29, 0.717) is 5.75 Å². The van der Waals surface area contributed by atoms with Gasteiger partial charge >= 0.3 is 0 Å². The maximum atomic E-state index is 10.9. The summed E-state index contributed by atoms with van der Waals surface area (Å²) in [5.74, 6) is 0.398. The van der Waals surface area contributed by atoms with Crippen LogP contribution in [0.1, 0.15) is 18.6 Å². The summed E-state index contributed by atoms with van der Waals surface area (Å²) in [5.41, 5.74) is 0.768. The van der Waals surface area contributed by atoms with Crippen LogP contribution in [0.15, 0.2) is 24.3 Å². The van der Waals surface area contributed by atoms with E-state index in [2.05, 4.69) is 5.32 Å². The molecule has 2 N–H and O–H groups in total. The maximum Gasteiger partial charge on any atom is 0.257 e. The SMILES string of the molecule is CNC(=O)COc1cccc(C(C)O)c1. The van der Waals surface area contributed by atoms with Crippen molar-refractivity contribution in [2.24, 2.45) is 0 Å². The van der Waals surface area contributed by atoms with Gasteiger partial charge in [-0.25, -0.2) is 0 Å². The predicted molar refractivity (Wildman–Crippen MR) is 56.6 cm³/mol. The first-order valence-corrected chi connectivity index (χ1v) is 4.75. The van der Waals surface area contributed by atoms with Crippen LogP contribution in [0.3, 0.4) is 0 Å². The van der Waals surface area contributed by atoms with Crippen molar-refractivity contribution in [3.8, 4) is 5.75 Å². The van der Waals surface area contributed by atoms with Crippen molar-refractivity contribution in [1.82, 2.24) is 5.32 Å². The molecule has 0 heterocycles. The third-order valence-electron chi connectivity index (χ3n) is 1.99. The van der Waals surface area contributed by atoms with Gasteiger partial charge in [0.25, 0.3) is 5.91 Å². The van der Waals surface area contributed by atoms with Crippen molar-refractivity contribution >= 4 is 5.91 Å². The molecule has 1 aromatic rings. The van der Waals surface area contributed by atoms with Crippen LogP contribution in [0.4, 0.5) is 0 Å². The molecule has 82 valence electrons. The number of aliphatic hydroxyl groups is 1. The van der Waals surface area contributed by atoms with E-state index >= 15 is 0 Å². The highest BCUT2D eigenvalue weighted by Crippen LogP contribution is 2.18. The lowest BCUT2D eigenvalue weighted by molar-refractivity contribution is -0.122. The number of hydrogen-bond donors (Lipinski definition) is 2. The van der Waals surface area contributed by atoms with Crippen molar-refractivity contribution in [2.45, 2.75) is 13.0 Å². The van der Waals surface area contributed by atoms with Crippen molar-refractivity contribution < 1.29 is 14.6 Å². The molecule has 0 aliphatic rings. The lowest BCUT2D eigenvalue weighted by Crippen LogP contribution is -2.24. The van der Waals surface area contributed by atoms with E-state index in [1.807, 2.05) is 0 Å². The van der Waals surface area contributed by atoms with E-state index in [0.717, 1.165) is 5.56 Å². The summed E-state index contributed by atoms with van der Waals surface area (Å²) in [6, 6.07) is 7.04. The molecule has 0 radical (unpaired) electrons. The monoisotopic (exact) mass is 209 g/mol. The molecule has 0 aromatic heterocycles. The van der Waals surface area contributed by atoms with Crippen molar-refractivity contribution in [1.29, 1.82) is 0 Å². The van der Waals surface area contributed by atoms with Gasteiger partial charge < -0.3 is 15.2 Å². The van der Waals surface area contributed by atoms with Crippen LogP contribution >= 0.6 is 0 Å². The molecule has 1 rings (SSSR count). The van der Waals surface area contributed by atoms with Gasteiger partial charge in [0.15, 0.2) is 6.61 Å². The number of rotatable bonds is 4. The first-order chi connectivity index (χ1) is 7.13. The lowest BCUT2D eigenvalue weighted by Gasteiger charge is -2.08. The highest BCUT2D eigenvalue weighted by Gasteiger charge is 2.03. The van der Waals surface area contributed by atoms with Crippen molar-refractivity contribution in [3.63, 3.8) is 0 Å². The minimum absolute atomic E-state index is 0.0141. The number of likely N-dealkylation sites (N-methyl/N-ethyl adjacent to an activating group) is 1. The van der Waals surface area contributed by atoms with Crippen LogP contribution in [0.25, 0.3) is 0 Å². The first kappa shape index (κ1) is 11.5. The van der Waals surface area contributed by atoms with Gasteiger partial charge in [-0.05, 0) is 24.6 Å². The molecule has 0 aliphatic carbocycles. The Kier molecular flexibility index (Phi) is 4.12. The van der Waals surface area contributed by atoms with E-state index in [1.165, 1.54) is 0 Å². The molecule has 0 aliphatic heterocycles. The molecule has 4 heteroatoms. The van der Waals surface area contributed by atoms with Crippen LogP contribution in [0.2, 0.25) is 0 Å². The Morgan fingerprint density at radius 2 is 2.33 bits per heavy atom. The Morgan fingerprint density at radius 1 is 1.60 bits per heavy atom. The minimum Gasteiger partial charge on any atom is -0.484 e. The Morgan fingerprint density at radius 3 is 2.93 bits per heavy atom. The first-order valence-electron chi connectivity index (χ1n) is 4.75. The van der Waals surface area contributed by atoms with Crippen LogP contribution < -0.4 is 10.1 Å². The molecule has 0 bridgehead atoms. The molecule has 15 heavy (non-hydrogen) atoms. The van der Waals surface area contributed by atoms with Gasteiger partial charge in [0.1, 0.15) is 5.75 Å². The number of hydrogen-bond acceptors (Lipinski definition) is 3.